The SMILES string of the molecule is CNc1ccc(Cl)cc1C(=O)N1CCN(CC(C)C)CC1. The fourth-order valence-electron chi connectivity index (χ4n) is 2.73. The highest BCUT2D eigenvalue weighted by Crippen LogP contribution is 2.22. The quantitative estimate of drug-likeness (QED) is 0.929. The van der Waals surface area contributed by atoms with E-state index < -0.39 is 0 Å². The number of nitrogens with zero attached hydrogens (tertiary/aromatic N) is 2. The molecule has 4 nitrogen and oxygen atoms in total. The molecular formula is C16H24ClN3O. The van der Waals surface area contributed by atoms with Gasteiger partial charge in [-0.15, -0.1) is 0 Å². The fraction of sp³-hybridized carbons (Fsp3) is 0.562. The molecule has 2 rings (SSSR count). The third-order valence-corrected chi connectivity index (χ3v) is 4.00. The predicted octanol–water partition coefficient (Wildman–Crippen LogP) is 2.80. The molecule has 1 aliphatic heterocycles. The normalized spacial score (nSPS) is 16.3. The number of carbonyl (C=O) groups is 1. The van der Waals surface area contributed by atoms with Crippen LogP contribution in [0.3, 0.4) is 0 Å². The van der Waals surface area contributed by atoms with E-state index in [0.29, 0.717) is 16.5 Å². The zero-order chi connectivity index (χ0) is 15.4. The van der Waals surface area contributed by atoms with Crippen LogP contribution in [0.2, 0.25) is 5.02 Å². The van der Waals surface area contributed by atoms with Crippen LogP contribution in [-0.2, 0) is 0 Å². The molecule has 1 aliphatic rings. The smallest absolute Gasteiger partial charge is 0.256 e. The van der Waals surface area contributed by atoms with Crippen LogP contribution in [0.4, 0.5) is 5.69 Å². The molecule has 116 valence electrons. The van der Waals surface area contributed by atoms with Crippen molar-refractivity contribution in [2.45, 2.75) is 13.8 Å². The van der Waals surface area contributed by atoms with E-state index in [1.165, 1.54) is 0 Å². The van der Waals surface area contributed by atoms with Crippen LogP contribution in [0.5, 0.6) is 0 Å². The summed E-state index contributed by atoms with van der Waals surface area (Å²) in [5.41, 5.74) is 1.48. The number of benzene rings is 1. The summed E-state index contributed by atoms with van der Waals surface area (Å²) < 4.78 is 0. The van der Waals surface area contributed by atoms with Gasteiger partial charge in [0.25, 0.3) is 5.91 Å². The largest absolute Gasteiger partial charge is 0.387 e. The molecule has 1 amide bonds. The van der Waals surface area contributed by atoms with Crippen LogP contribution in [0.25, 0.3) is 0 Å². The van der Waals surface area contributed by atoms with Crippen LogP contribution < -0.4 is 5.32 Å². The van der Waals surface area contributed by atoms with Gasteiger partial charge >= 0.3 is 0 Å². The molecule has 1 aromatic carbocycles. The second-order valence-corrected chi connectivity index (χ2v) is 6.36. The van der Waals surface area contributed by atoms with Crippen molar-refractivity contribution >= 4 is 23.2 Å². The van der Waals surface area contributed by atoms with Gasteiger partial charge in [0.2, 0.25) is 0 Å². The van der Waals surface area contributed by atoms with Crippen molar-refractivity contribution in [3.8, 4) is 0 Å². The molecule has 0 unspecified atom stereocenters. The number of amides is 1. The first kappa shape index (κ1) is 16.1. The number of anilines is 1. The maximum atomic E-state index is 12.7. The third-order valence-electron chi connectivity index (χ3n) is 3.76. The van der Waals surface area contributed by atoms with Crippen LogP contribution in [0, 0.1) is 5.92 Å². The van der Waals surface area contributed by atoms with Gasteiger partial charge < -0.3 is 10.2 Å². The number of hydrogen-bond donors (Lipinski definition) is 1. The first-order valence-corrected chi connectivity index (χ1v) is 7.88. The van der Waals surface area contributed by atoms with Gasteiger partial charge in [0.15, 0.2) is 0 Å². The fourth-order valence-corrected chi connectivity index (χ4v) is 2.90. The maximum absolute atomic E-state index is 12.7. The molecule has 5 heteroatoms. The van der Waals surface area contributed by atoms with Crippen molar-refractivity contribution in [2.24, 2.45) is 5.92 Å². The van der Waals surface area contributed by atoms with Crippen LogP contribution in [-0.4, -0.2) is 55.5 Å². The summed E-state index contributed by atoms with van der Waals surface area (Å²) in [6, 6.07) is 5.39. The second-order valence-electron chi connectivity index (χ2n) is 5.93. The molecule has 1 heterocycles. The zero-order valence-corrected chi connectivity index (χ0v) is 13.8. The first-order valence-electron chi connectivity index (χ1n) is 7.50. The van der Waals surface area contributed by atoms with E-state index in [9.17, 15) is 4.79 Å². The van der Waals surface area contributed by atoms with Gasteiger partial charge in [-0.3, -0.25) is 9.69 Å². The van der Waals surface area contributed by atoms with E-state index in [1.54, 1.807) is 12.1 Å². The molecule has 0 spiro atoms. The van der Waals surface area contributed by atoms with Gasteiger partial charge in [-0.05, 0) is 24.1 Å². The van der Waals surface area contributed by atoms with Gasteiger partial charge in [0.05, 0.1) is 5.56 Å². The summed E-state index contributed by atoms with van der Waals surface area (Å²) in [6.07, 6.45) is 0. The van der Waals surface area contributed by atoms with Crippen molar-refractivity contribution in [1.82, 2.24) is 9.80 Å². The lowest BCUT2D eigenvalue weighted by atomic mass is 10.1. The van der Waals surface area contributed by atoms with Gasteiger partial charge in [-0.1, -0.05) is 25.4 Å². The molecule has 21 heavy (non-hydrogen) atoms. The molecule has 0 radical (unpaired) electrons. The molecular weight excluding hydrogens is 286 g/mol. The number of nitrogens with one attached hydrogen (secondary N) is 1. The van der Waals surface area contributed by atoms with Crippen LogP contribution in [0.15, 0.2) is 18.2 Å². The molecule has 1 fully saturated rings. The zero-order valence-electron chi connectivity index (χ0n) is 13.0. The Balaban J connectivity index is 2.03. The summed E-state index contributed by atoms with van der Waals surface area (Å²) in [6.45, 7) is 8.99. The number of carbonyl (C=O) groups excluding carboxylic acids is 1. The molecule has 1 aromatic rings. The Labute approximate surface area is 132 Å². The van der Waals surface area contributed by atoms with Gasteiger partial charge in [-0.2, -0.15) is 0 Å². The van der Waals surface area contributed by atoms with E-state index in [0.717, 1.165) is 38.4 Å². The molecule has 0 aromatic heterocycles. The lowest BCUT2D eigenvalue weighted by Crippen LogP contribution is -2.49. The number of halogens is 1. The lowest BCUT2D eigenvalue weighted by Gasteiger charge is -2.35. The van der Waals surface area contributed by atoms with Crippen LogP contribution in [0.1, 0.15) is 24.2 Å². The van der Waals surface area contributed by atoms with E-state index >= 15 is 0 Å². The van der Waals surface area contributed by atoms with Crippen LogP contribution >= 0.6 is 11.6 Å². The predicted molar refractivity (Wildman–Crippen MR) is 88.2 cm³/mol. The minimum absolute atomic E-state index is 0.0612. The number of hydrogen-bond acceptors (Lipinski definition) is 3. The van der Waals surface area contributed by atoms with Crippen molar-refractivity contribution in [1.29, 1.82) is 0 Å². The van der Waals surface area contributed by atoms with E-state index in [-0.39, 0.29) is 5.91 Å². The first-order chi connectivity index (χ1) is 10.0. The number of piperazine rings is 1. The molecule has 1 saturated heterocycles. The average Bonchev–Trinajstić information content (AvgIpc) is 2.46. The van der Waals surface area contributed by atoms with E-state index in [2.05, 4.69) is 24.1 Å². The van der Waals surface area contributed by atoms with Crippen molar-refractivity contribution in [3.63, 3.8) is 0 Å². The maximum Gasteiger partial charge on any atom is 0.256 e. The topological polar surface area (TPSA) is 35.6 Å². The summed E-state index contributed by atoms with van der Waals surface area (Å²) in [7, 11) is 1.82. The molecule has 0 bridgehead atoms. The van der Waals surface area contributed by atoms with E-state index in [4.69, 9.17) is 11.6 Å². The number of rotatable bonds is 4. The summed E-state index contributed by atoms with van der Waals surface area (Å²) in [4.78, 5) is 17.0. The minimum Gasteiger partial charge on any atom is -0.387 e. The second kappa shape index (κ2) is 7.14. The molecule has 0 saturated carbocycles. The minimum atomic E-state index is 0.0612. The highest BCUT2D eigenvalue weighted by molar-refractivity contribution is 6.31. The van der Waals surface area contributed by atoms with E-state index in [1.807, 2.05) is 18.0 Å². The Hall–Kier alpha value is -1.26. The Morgan fingerprint density at radius 3 is 2.52 bits per heavy atom. The Morgan fingerprint density at radius 1 is 1.29 bits per heavy atom. The van der Waals surface area contributed by atoms with Gasteiger partial charge in [-0.25, -0.2) is 0 Å². The molecule has 0 aliphatic carbocycles. The Kier molecular flexibility index (Phi) is 5.48. The monoisotopic (exact) mass is 309 g/mol. The average molecular weight is 310 g/mol. The Bertz CT molecular complexity index is 496. The highest BCUT2D eigenvalue weighted by atomic mass is 35.5. The van der Waals surface area contributed by atoms with Crippen molar-refractivity contribution < 1.29 is 4.79 Å². The third kappa shape index (κ3) is 4.11. The molecule has 0 atom stereocenters. The Morgan fingerprint density at radius 2 is 1.95 bits per heavy atom. The van der Waals surface area contributed by atoms with Crippen molar-refractivity contribution in [2.75, 3.05) is 45.1 Å². The van der Waals surface area contributed by atoms with Gasteiger partial charge in [0, 0.05) is 50.5 Å². The summed E-state index contributed by atoms with van der Waals surface area (Å²) >= 11 is 6.03. The lowest BCUT2D eigenvalue weighted by molar-refractivity contribution is 0.0625. The summed E-state index contributed by atoms with van der Waals surface area (Å²) in [5, 5.41) is 3.65. The highest BCUT2D eigenvalue weighted by Gasteiger charge is 2.24. The summed E-state index contributed by atoms with van der Waals surface area (Å²) in [5.74, 6) is 0.724. The standard InChI is InChI=1S/C16H24ClN3O/c1-12(2)11-19-6-8-20(9-7-19)16(21)14-10-13(17)4-5-15(14)18-3/h4-5,10,12,18H,6-9,11H2,1-3H3. The van der Waals surface area contributed by atoms with Gasteiger partial charge in [0.1, 0.15) is 0 Å². The molecule has 1 N–H and O–H groups in total. The van der Waals surface area contributed by atoms with Crippen molar-refractivity contribution in [3.05, 3.63) is 28.8 Å².